The quantitative estimate of drug-likeness (QED) is 0.142. The van der Waals surface area contributed by atoms with Gasteiger partial charge in [-0.05, 0) is 75.4 Å². The molecule has 0 bridgehead atoms. The summed E-state index contributed by atoms with van der Waals surface area (Å²) < 4.78 is 2.11. The molecule has 0 aliphatic carbocycles. The third-order valence-corrected chi connectivity index (χ3v) is 7.42. The van der Waals surface area contributed by atoms with Crippen molar-refractivity contribution in [3.63, 3.8) is 0 Å². The molecule has 0 radical (unpaired) electrons. The monoisotopic (exact) mass is 519 g/mol. The zero-order valence-electron chi connectivity index (χ0n) is 23.3. The van der Waals surface area contributed by atoms with Crippen molar-refractivity contribution >= 4 is 33.2 Å². The predicted molar refractivity (Wildman–Crippen MR) is 168 cm³/mol. The van der Waals surface area contributed by atoms with Crippen LogP contribution in [0.15, 0.2) is 105 Å². The molecule has 202 valence electrons. The van der Waals surface area contributed by atoms with Gasteiger partial charge in [-0.25, -0.2) is 0 Å². The van der Waals surface area contributed by atoms with Crippen LogP contribution in [-0.4, -0.2) is 27.3 Å². The second-order valence-electron chi connectivity index (χ2n) is 10.5. The molecule has 5 heteroatoms. The Morgan fingerprint density at radius 2 is 1.79 bits per heavy atom. The van der Waals surface area contributed by atoms with Crippen LogP contribution in [-0.2, 0) is 12.8 Å². The summed E-state index contributed by atoms with van der Waals surface area (Å²) in [6.45, 7) is 19.9. The van der Waals surface area contributed by atoms with Gasteiger partial charge < -0.3 is 25.6 Å². The molecule has 5 rings (SSSR count). The summed E-state index contributed by atoms with van der Waals surface area (Å²) >= 11 is 0. The second kappa shape index (κ2) is 12.5. The minimum Gasteiger partial charge on any atom is -0.383 e. The molecule has 1 saturated heterocycles. The number of nitrogens with one attached hydrogen (secondary N) is 4. The lowest BCUT2D eigenvalue weighted by Crippen LogP contribution is -2.33. The Bertz CT molecular complexity index is 1510. The normalized spacial score (nSPS) is 16.1. The Kier molecular flexibility index (Phi) is 8.92. The number of hydrogen-bond acceptors (Lipinski definition) is 3. The first kappa shape index (κ1) is 27.8. The number of rotatable bonds is 8. The molecule has 2 aromatic heterocycles. The Hall–Kier alpha value is -4.25. The molecule has 0 saturated carbocycles. The summed E-state index contributed by atoms with van der Waals surface area (Å²) in [4.78, 5) is 3.34. The number of allylic oxidation sites excluding steroid dienone is 2. The highest BCUT2D eigenvalue weighted by Gasteiger charge is 2.19. The lowest BCUT2D eigenvalue weighted by Gasteiger charge is -2.19. The highest BCUT2D eigenvalue weighted by atomic mass is 15.0. The van der Waals surface area contributed by atoms with E-state index in [1.54, 1.807) is 6.20 Å². The molecule has 1 fully saturated rings. The standard InChI is InChI=1S/C17H21N3.C17H20N2/c1-5-19-16(13(4)18)10-14-11-20(12(2)3)17-9-7-6-8-15(14)17;1-12-6-5-7-13(2)19-17(12)10-14-11-18-16-9-4-3-8-15(14)16/h5-9,11,16,18-19H,1-2,10H2,3-4H3;3-4,8-9,11,17-19H,1-2,5-7,10H2. The van der Waals surface area contributed by atoms with Crippen molar-refractivity contribution < 1.29 is 0 Å². The lowest BCUT2D eigenvalue weighted by atomic mass is 9.97. The summed E-state index contributed by atoms with van der Waals surface area (Å²) in [5, 5.41) is 17.1. The average molecular weight is 520 g/mol. The van der Waals surface area contributed by atoms with Crippen molar-refractivity contribution in [1.82, 2.24) is 20.2 Å². The number of benzene rings is 2. The average Bonchev–Trinajstić information content (AvgIpc) is 3.45. The van der Waals surface area contributed by atoms with Crippen molar-refractivity contribution in [2.75, 3.05) is 0 Å². The molecule has 1 aliphatic heterocycles. The van der Waals surface area contributed by atoms with Gasteiger partial charge in [-0.1, -0.05) is 68.3 Å². The van der Waals surface area contributed by atoms with E-state index in [-0.39, 0.29) is 6.04 Å². The number of aromatic amines is 1. The van der Waals surface area contributed by atoms with E-state index >= 15 is 0 Å². The predicted octanol–water partition coefficient (Wildman–Crippen LogP) is 7.74. The molecule has 2 unspecified atom stereocenters. The maximum absolute atomic E-state index is 7.87. The largest absolute Gasteiger partial charge is 0.383 e. The summed E-state index contributed by atoms with van der Waals surface area (Å²) in [7, 11) is 0. The Labute approximate surface area is 232 Å². The van der Waals surface area contributed by atoms with Crippen LogP contribution in [0.2, 0.25) is 0 Å². The number of fused-ring (bicyclic) bond motifs is 2. The topological polar surface area (TPSA) is 68.6 Å². The minimum absolute atomic E-state index is 0.0168. The van der Waals surface area contributed by atoms with Gasteiger partial charge >= 0.3 is 0 Å². The summed E-state index contributed by atoms with van der Waals surface area (Å²) in [5.41, 5.74) is 8.97. The molecule has 0 amide bonds. The molecule has 4 aromatic rings. The van der Waals surface area contributed by atoms with E-state index in [0.29, 0.717) is 11.8 Å². The van der Waals surface area contributed by atoms with E-state index in [1.807, 2.05) is 26.0 Å². The van der Waals surface area contributed by atoms with Crippen LogP contribution in [0.1, 0.15) is 44.2 Å². The summed E-state index contributed by atoms with van der Waals surface area (Å²) in [6, 6.07) is 17.0. The van der Waals surface area contributed by atoms with Gasteiger partial charge in [0.15, 0.2) is 0 Å². The molecule has 2 atom stereocenters. The third kappa shape index (κ3) is 6.61. The van der Waals surface area contributed by atoms with Gasteiger partial charge in [0.05, 0.1) is 17.6 Å². The molecule has 3 heterocycles. The molecular weight excluding hydrogens is 478 g/mol. The number of hydrogen-bond donors (Lipinski definition) is 4. The van der Waals surface area contributed by atoms with Gasteiger partial charge in [-0.3, -0.25) is 0 Å². The van der Waals surface area contributed by atoms with E-state index in [4.69, 9.17) is 5.41 Å². The van der Waals surface area contributed by atoms with Gasteiger partial charge in [0.1, 0.15) is 0 Å². The fraction of sp³-hybridized carbons (Fsp3) is 0.265. The van der Waals surface area contributed by atoms with Gasteiger partial charge in [-0.15, -0.1) is 0 Å². The van der Waals surface area contributed by atoms with Crippen LogP contribution in [0, 0.1) is 5.41 Å². The van der Waals surface area contributed by atoms with E-state index in [0.717, 1.165) is 49.0 Å². The molecule has 2 aromatic carbocycles. The van der Waals surface area contributed by atoms with Crippen molar-refractivity contribution in [3.8, 4) is 0 Å². The van der Waals surface area contributed by atoms with E-state index in [2.05, 4.69) is 95.3 Å². The number of para-hydroxylation sites is 2. The number of nitrogens with zero attached hydrogens (tertiary/aromatic N) is 1. The fourth-order valence-corrected chi connectivity index (χ4v) is 5.27. The first-order valence-corrected chi connectivity index (χ1v) is 13.6. The number of aromatic nitrogens is 2. The van der Waals surface area contributed by atoms with Crippen molar-refractivity contribution in [1.29, 1.82) is 5.41 Å². The fourth-order valence-electron chi connectivity index (χ4n) is 5.27. The minimum atomic E-state index is -0.0168. The molecule has 0 spiro atoms. The van der Waals surface area contributed by atoms with Gasteiger partial charge in [0.2, 0.25) is 0 Å². The first-order chi connectivity index (χ1) is 18.8. The van der Waals surface area contributed by atoms with Crippen LogP contribution in [0.4, 0.5) is 0 Å². The van der Waals surface area contributed by atoms with Crippen LogP contribution in [0.25, 0.3) is 27.5 Å². The van der Waals surface area contributed by atoms with Crippen molar-refractivity contribution in [2.24, 2.45) is 0 Å². The molecular formula is C34H41N5. The molecule has 39 heavy (non-hydrogen) atoms. The van der Waals surface area contributed by atoms with Crippen molar-refractivity contribution in [2.45, 2.75) is 58.0 Å². The third-order valence-electron chi connectivity index (χ3n) is 7.42. The van der Waals surface area contributed by atoms with Crippen LogP contribution in [0.3, 0.4) is 0 Å². The van der Waals surface area contributed by atoms with Gasteiger partial charge in [0.25, 0.3) is 0 Å². The van der Waals surface area contributed by atoms with Crippen LogP contribution >= 0.6 is 0 Å². The SMILES string of the molecule is C=C1CCCC(=C)C(Cc2c[nH]c3ccccc23)N1.C=CNC(Cc1cn(C(=C)C)c2ccccc12)C(C)=N. The lowest BCUT2D eigenvalue weighted by molar-refractivity contribution is 0.639. The Morgan fingerprint density at radius 1 is 1.08 bits per heavy atom. The maximum Gasteiger partial charge on any atom is 0.0671 e. The Balaban J connectivity index is 0.000000181. The molecule has 1 aliphatic rings. The first-order valence-electron chi connectivity index (χ1n) is 13.6. The van der Waals surface area contributed by atoms with E-state index < -0.39 is 0 Å². The maximum atomic E-state index is 7.87. The van der Waals surface area contributed by atoms with Gasteiger partial charge in [-0.2, -0.15) is 0 Å². The summed E-state index contributed by atoms with van der Waals surface area (Å²) in [5.74, 6) is 0. The van der Waals surface area contributed by atoms with E-state index in [1.165, 1.54) is 33.0 Å². The van der Waals surface area contributed by atoms with Crippen LogP contribution < -0.4 is 10.6 Å². The summed E-state index contributed by atoms with van der Waals surface area (Å²) in [6.07, 6.45) is 10.9. The van der Waals surface area contributed by atoms with Gasteiger partial charge in [0, 0.05) is 45.8 Å². The van der Waals surface area contributed by atoms with Crippen molar-refractivity contribution in [3.05, 3.63) is 116 Å². The zero-order valence-corrected chi connectivity index (χ0v) is 23.3. The Morgan fingerprint density at radius 3 is 2.51 bits per heavy atom. The highest BCUT2D eigenvalue weighted by Crippen LogP contribution is 2.26. The number of H-pyrrole nitrogens is 1. The second-order valence-corrected chi connectivity index (χ2v) is 10.5. The molecule has 5 nitrogen and oxygen atoms in total. The zero-order chi connectivity index (χ0) is 27.9. The van der Waals surface area contributed by atoms with E-state index in [9.17, 15) is 0 Å². The smallest absolute Gasteiger partial charge is 0.0671 e. The molecule has 4 N–H and O–H groups in total. The highest BCUT2D eigenvalue weighted by molar-refractivity contribution is 5.89. The van der Waals surface area contributed by atoms with Crippen LogP contribution in [0.5, 0.6) is 0 Å².